The lowest BCUT2D eigenvalue weighted by Crippen LogP contribution is -2.28. The summed E-state index contributed by atoms with van der Waals surface area (Å²) in [6.45, 7) is 4.00. The fourth-order valence-electron chi connectivity index (χ4n) is 4.52. The Labute approximate surface area is 270 Å². The Kier molecular flexibility index (Phi) is 18.6. The molecule has 0 aliphatic rings. The van der Waals surface area contributed by atoms with Crippen molar-refractivity contribution >= 4 is 17.7 Å². The molecule has 0 heterocycles. The van der Waals surface area contributed by atoms with E-state index in [0.717, 1.165) is 77.2 Å². The van der Waals surface area contributed by atoms with Crippen LogP contribution in [0.4, 0.5) is 14.9 Å². The lowest BCUT2D eigenvalue weighted by molar-refractivity contribution is -0.134. The number of anilines is 1. The first-order valence-corrected chi connectivity index (χ1v) is 15.6. The molecule has 0 bridgehead atoms. The molecule has 46 heavy (non-hydrogen) atoms. The van der Waals surface area contributed by atoms with Crippen LogP contribution in [-0.4, -0.2) is 58.7 Å². The molecule has 3 rings (SSSR count). The quantitative estimate of drug-likeness (QED) is 0.0826. The summed E-state index contributed by atoms with van der Waals surface area (Å²) in [4.78, 5) is 21.1. The fourth-order valence-corrected chi connectivity index (χ4v) is 4.52. The van der Waals surface area contributed by atoms with E-state index in [9.17, 15) is 24.5 Å². The van der Waals surface area contributed by atoms with Crippen molar-refractivity contribution in [1.29, 1.82) is 0 Å². The number of benzene rings is 3. The maximum absolute atomic E-state index is 13.0. The number of aliphatic hydroxyl groups is 2. The largest absolute Gasteiger partial charge is 0.508 e. The Morgan fingerprint density at radius 1 is 0.891 bits per heavy atom. The molecule has 0 fully saturated rings. The molecule has 252 valence electrons. The lowest BCUT2D eigenvalue weighted by atomic mass is 10.1. The van der Waals surface area contributed by atoms with Gasteiger partial charge in [-0.3, -0.25) is 4.79 Å². The van der Waals surface area contributed by atoms with Crippen molar-refractivity contribution in [2.45, 2.75) is 71.1 Å². The van der Waals surface area contributed by atoms with Gasteiger partial charge in [0.2, 0.25) is 0 Å². The Morgan fingerprint density at radius 3 is 2.28 bits per heavy atom. The number of carboxylic acid groups (broad SMARTS) is 1. The van der Waals surface area contributed by atoms with Gasteiger partial charge < -0.3 is 41.1 Å². The van der Waals surface area contributed by atoms with Crippen molar-refractivity contribution in [3.63, 3.8) is 0 Å². The summed E-state index contributed by atoms with van der Waals surface area (Å²) in [6, 6.07) is 18.3. The summed E-state index contributed by atoms with van der Waals surface area (Å²) < 4.78 is 18.8. The molecular weight excluding hydrogens is 593 g/mol. The van der Waals surface area contributed by atoms with Crippen molar-refractivity contribution in [1.82, 2.24) is 10.6 Å². The molecule has 7 N–H and O–H groups in total. The maximum atomic E-state index is 13.0. The number of aliphatic carboxylic acids is 1. The van der Waals surface area contributed by atoms with Gasteiger partial charge in [-0.1, -0.05) is 43.2 Å². The van der Waals surface area contributed by atoms with Gasteiger partial charge in [-0.15, -0.1) is 0 Å². The first-order valence-electron chi connectivity index (χ1n) is 15.6. The third-order valence-corrected chi connectivity index (χ3v) is 6.94. The van der Waals surface area contributed by atoms with Crippen LogP contribution in [0.25, 0.3) is 0 Å². The van der Waals surface area contributed by atoms with Gasteiger partial charge in [0.1, 0.15) is 11.6 Å². The minimum Gasteiger partial charge on any atom is -0.508 e. The van der Waals surface area contributed by atoms with Crippen LogP contribution >= 0.6 is 0 Å². The van der Waals surface area contributed by atoms with E-state index in [1.54, 1.807) is 12.1 Å². The molecule has 11 heteroatoms. The number of unbranched alkanes of at least 4 members (excludes halogenated alkanes) is 4. The van der Waals surface area contributed by atoms with Crippen LogP contribution < -0.4 is 16.0 Å². The summed E-state index contributed by atoms with van der Waals surface area (Å²) in [5.41, 5.74) is 3.88. The van der Waals surface area contributed by atoms with E-state index in [0.29, 0.717) is 29.9 Å². The second-order valence-corrected chi connectivity index (χ2v) is 10.9. The van der Waals surface area contributed by atoms with E-state index in [-0.39, 0.29) is 24.2 Å². The zero-order chi connectivity index (χ0) is 33.6. The smallest absolute Gasteiger partial charge is 0.319 e. The van der Waals surface area contributed by atoms with Gasteiger partial charge in [-0.25, -0.2) is 9.18 Å². The Morgan fingerprint density at radius 2 is 1.57 bits per heavy atom. The Balaban J connectivity index is 0.00000173. The molecule has 10 nitrogen and oxygen atoms in total. The van der Waals surface area contributed by atoms with Crippen LogP contribution in [0.1, 0.15) is 73.8 Å². The predicted molar refractivity (Wildman–Crippen MR) is 176 cm³/mol. The molecule has 0 radical (unpaired) electrons. The van der Waals surface area contributed by atoms with Crippen LogP contribution in [0.2, 0.25) is 0 Å². The van der Waals surface area contributed by atoms with Crippen molar-refractivity contribution in [2.75, 3.05) is 31.6 Å². The molecule has 0 spiro atoms. The third kappa shape index (κ3) is 16.9. The number of amides is 2. The van der Waals surface area contributed by atoms with Crippen molar-refractivity contribution < 1.29 is 39.1 Å². The van der Waals surface area contributed by atoms with E-state index in [4.69, 9.17) is 14.6 Å². The third-order valence-electron chi connectivity index (χ3n) is 6.94. The Hall–Kier alpha value is -4.03. The van der Waals surface area contributed by atoms with E-state index in [2.05, 4.69) is 28.1 Å². The number of aromatic hydroxyl groups is 1. The molecule has 3 aromatic carbocycles. The maximum Gasteiger partial charge on any atom is 0.319 e. The fraction of sp³-hybridized carbons (Fsp3) is 0.429. The van der Waals surface area contributed by atoms with Crippen LogP contribution in [0, 0.1) is 5.82 Å². The molecule has 0 saturated carbocycles. The summed E-state index contributed by atoms with van der Waals surface area (Å²) in [5.74, 6) is -1.14. The molecule has 1 atom stereocenters. The minimum atomic E-state index is -0.833. The van der Waals surface area contributed by atoms with Gasteiger partial charge in [-0.2, -0.15) is 0 Å². The van der Waals surface area contributed by atoms with Crippen LogP contribution in [0.15, 0.2) is 66.7 Å². The Bertz CT molecular complexity index is 1300. The molecular formula is C35H48FN3O7. The first kappa shape index (κ1) is 38.2. The van der Waals surface area contributed by atoms with Gasteiger partial charge in [0.15, 0.2) is 0 Å². The number of hydrogen-bond acceptors (Lipinski definition) is 7. The molecule has 0 aromatic heterocycles. The normalized spacial score (nSPS) is 11.3. The highest BCUT2D eigenvalue weighted by atomic mass is 19.1. The highest BCUT2D eigenvalue weighted by Gasteiger charge is 2.10. The van der Waals surface area contributed by atoms with Gasteiger partial charge >= 0.3 is 6.03 Å². The lowest BCUT2D eigenvalue weighted by Gasteiger charge is -2.14. The van der Waals surface area contributed by atoms with Crippen molar-refractivity contribution in [3.05, 3.63) is 94.8 Å². The number of halogens is 1. The highest BCUT2D eigenvalue weighted by Crippen LogP contribution is 2.22. The van der Waals surface area contributed by atoms with E-state index in [1.165, 1.54) is 35.9 Å². The number of carbonyl (C=O) groups is 2. The number of ether oxygens (including phenoxy) is 1. The summed E-state index contributed by atoms with van der Waals surface area (Å²) >= 11 is 0. The van der Waals surface area contributed by atoms with Gasteiger partial charge in [0.05, 0.1) is 12.7 Å². The zero-order valence-electron chi connectivity index (χ0n) is 26.5. The molecule has 0 aliphatic carbocycles. The average Bonchev–Trinajstić information content (AvgIpc) is 3.03. The summed E-state index contributed by atoms with van der Waals surface area (Å²) in [5, 5.41) is 45.4. The van der Waals surface area contributed by atoms with Crippen molar-refractivity contribution in [3.8, 4) is 5.75 Å². The number of phenols is 1. The molecule has 0 unspecified atom stereocenters. The molecule has 0 aliphatic heterocycles. The number of aryl methyl sites for hydroxylation is 1. The number of carbonyl (C=O) groups excluding carboxylic acids is 1. The minimum absolute atomic E-state index is 0.0342. The number of rotatable bonds is 19. The second kappa shape index (κ2) is 22.5. The SMILES string of the molecule is CC(=O)O.O=C(NCc1cccc(CCCCOCCCCCCNC[C@H](O)c2ccc(O)c(CO)c2)c1)Nc1ccc(F)cc1. The van der Waals surface area contributed by atoms with Gasteiger partial charge in [0, 0.05) is 44.5 Å². The van der Waals surface area contributed by atoms with Crippen LogP contribution in [-0.2, 0) is 29.1 Å². The predicted octanol–water partition coefficient (Wildman–Crippen LogP) is 5.66. The van der Waals surface area contributed by atoms with Crippen LogP contribution in [0.5, 0.6) is 5.75 Å². The molecule has 3 aromatic rings. The van der Waals surface area contributed by atoms with E-state index in [1.807, 2.05) is 12.1 Å². The van der Waals surface area contributed by atoms with Gasteiger partial charge in [-0.05, 0) is 91.7 Å². The topological polar surface area (TPSA) is 160 Å². The number of carboxylic acids is 1. The van der Waals surface area contributed by atoms with Crippen molar-refractivity contribution in [2.24, 2.45) is 0 Å². The van der Waals surface area contributed by atoms with E-state index >= 15 is 0 Å². The van der Waals surface area contributed by atoms with E-state index < -0.39 is 12.1 Å². The molecule has 2 amide bonds. The molecule has 0 saturated heterocycles. The monoisotopic (exact) mass is 641 g/mol. The summed E-state index contributed by atoms with van der Waals surface area (Å²) in [6.07, 6.45) is 6.56. The highest BCUT2D eigenvalue weighted by molar-refractivity contribution is 5.89. The number of urea groups is 1. The number of hydrogen-bond donors (Lipinski definition) is 7. The first-order chi connectivity index (χ1) is 22.2. The van der Waals surface area contributed by atoms with Gasteiger partial charge in [0.25, 0.3) is 5.97 Å². The second-order valence-electron chi connectivity index (χ2n) is 10.9. The standard InChI is InChI=1S/C33H44FN3O5.C2H4O2/c34-29-12-14-30(15-13-29)37-33(41)36-22-26-10-7-9-25(20-26)8-3-6-19-42-18-5-2-1-4-17-35-23-32(40)27-11-16-31(39)28(21-27)24-38;1-2(3)4/h7,9-16,20-21,32,35,38-40H,1-6,8,17-19,22-24H2,(H2,36,37,41);1H3,(H,3,4)/t32-;/m0./s1. The number of aliphatic hydroxyl groups excluding tert-OH is 2. The van der Waals surface area contributed by atoms with Crippen LogP contribution in [0.3, 0.4) is 0 Å². The average molecular weight is 642 g/mol. The summed E-state index contributed by atoms with van der Waals surface area (Å²) in [7, 11) is 0. The number of nitrogens with one attached hydrogen (secondary N) is 3. The zero-order valence-corrected chi connectivity index (χ0v) is 26.5.